The van der Waals surface area contributed by atoms with Gasteiger partial charge in [0.15, 0.2) is 0 Å². The maximum absolute atomic E-state index is 7.33. The van der Waals surface area contributed by atoms with Gasteiger partial charge in [-0.15, -0.1) is 0 Å². The normalized spacial score (nSPS) is 11.6. The Hall–Kier alpha value is -0.600. The van der Waals surface area contributed by atoms with Crippen LogP contribution in [0, 0.1) is 17.4 Å². The van der Waals surface area contributed by atoms with Crippen molar-refractivity contribution in [2.24, 2.45) is 17.7 Å². The first-order chi connectivity index (χ1) is 5.43. The van der Waals surface area contributed by atoms with Crippen molar-refractivity contribution in [3.63, 3.8) is 0 Å². The number of hydrogen-bond donors (Lipinski definition) is 2. The first-order valence-electron chi connectivity index (χ1n) is 4.68. The summed E-state index contributed by atoms with van der Waals surface area (Å²) in [7, 11) is 0. The quantitative estimate of drug-likeness (QED) is 0.284. The van der Waals surface area contributed by atoms with E-state index in [4.69, 9.17) is 11.4 Å². The highest BCUT2D eigenvalue weighted by atomic mass is 15.4. The molecule has 0 bridgehead atoms. The Balaban J connectivity index is 3.96. The zero-order valence-corrected chi connectivity index (χ0v) is 8.67. The molecule has 72 valence electrons. The molecule has 0 aliphatic heterocycles. The Morgan fingerprint density at radius 2 is 1.42 bits per heavy atom. The summed E-state index contributed by atoms with van der Waals surface area (Å²) in [4.78, 5) is 1.11. The second-order valence-corrected chi connectivity index (χ2v) is 4.32. The number of hydrazine groups is 1. The van der Waals surface area contributed by atoms with Gasteiger partial charge in [-0.3, -0.25) is 0 Å². The fourth-order valence-electron chi connectivity index (χ4n) is 1.41. The molecule has 0 aromatic carbocycles. The standard InChI is InChI=1S/C9H22N3/c1-7(2)5-9(12(10)11)6-8(3)4/h7-9H,5-6H2,1-4H3,(H3,10,11)/q+1. The van der Waals surface area contributed by atoms with Crippen molar-refractivity contribution < 1.29 is 4.81 Å². The lowest BCUT2D eigenvalue weighted by atomic mass is 9.96. The molecule has 0 radical (unpaired) electrons. The van der Waals surface area contributed by atoms with E-state index in [0.717, 1.165) is 17.6 Å². The van der Waals surface area contributed by atoms with Crippen LogP contribution in [0.2, 0.25) is 0 Å². The largest absolute Gasteiger partial charge is 0.209 e. The molecule has 0 unspecified atom stereocenters. The highest BCUT2D eigenvalue weighted by Gasteiger charge is 2.21. The molecule has 3 nitrogen and oxygen atoms in total. The molecule has 0 rings (SSSR count). The molecule has 12 heavy (non-hydrogen) atoms. The molecule has 0 amide bonds. The van der Waals surface area contributed by atoms with Crippen molar-refractivity contribution in [3.05, 3.63) is 0 Å². The van der Waals surface area contributed by atoms with Crippen molar-refractivity contribution in [3.8, 4) is 0 Å². The minimum Gasteiger partial charge on any atom is -0.186 e. The van der Waals surface area contributed by atoms with Crippen LogP contribution in [0.25, 0.3) is 0 Å². The second kappa shape index (κ2) is 5.12. The Morgan fingerprint density at radius 3 is 1.58 bits per heavy atom. The lowest BCUT2D eigenvalue weighted by molar-refractivity contribution is -0.662. The van der Waals surface area contributed by atoms with E-state index < -0.39 is 0 Å². The maximum Gasteiger partial charge on any atom is 0.209 e. The highest BCUT2D eigenvalue weighted by molar-refractivity contribution is 4.60. The van der Waals surface area contributed by atoms with Gasteiger partial charge in [-0.05, 0) is 22.2 Å². The van der Waals surface area contributed by atoms with E-state index in [1.54, 1.807) is 0 Å². The molecule has 0 heterocycles. The summed E-state index contributed by atoms with van der Waals surface area (Å²) < 4.78 is 0. The molecule has 0 atom stereocenters. The Morgan fingerprint density at radius 1 is 1.08 bits per heavy atom. The van der Waals surface area contributed by atoms with E-state index in [9.17, 15) is 0 Å². The van der Waals surface area contributed by atoms with Gasteiger partial charge < -0.3 is 0 Å². The number of nitrogens with one attached hydrogen (secondary N) is 1. The van der Waals surface area contributed by atoms with Crippen molar-refractivity contribution in [2.45, 2.75) is 46.6 Å². The molecule has 3 heteroatoms. The van der Waals surface area contributed by atoms with Crippen LogP contribution in [0.4, 0.5) is 0 Å². The van der Waals surface area contributed by atoms with Gasteiger partial charge >= 0.3 is 0 Å². The van der Waals surface area contributed by atoms with Crippen LogP contribution in [-0.2, 0) is 0 Å². The summed E-state index contributed by atoms with van der Waals surface area (Å²) in [5.41, 5.74) is 7.33. The summed E-state index contributed by atoms with van der Waals surface area (Å²) in [6.07, 6.45) is 2.02. The molecule has 0 aromatic rings. The lowest BCUT2D eigenvalue weighted by Gasteiger charge is -2.13. The monoisotopic (exact) mass is 172 g/mol. The summed E-state index contributed by atoms with van der Waals surface area (Å²) >= 11 is 0. The van der Waals surface area contributed by atoms with Crippen LogP contribution < -0.4 is 5.84 Å². The van der Waals surface area contributed by atoms with E-state index >= 15 is 0 Å². The first kappa shape index (κ1) is 11.4. The third kappa shape index (κ3) is 5.10. The van der Waals surface area contributed by atoms with Crippen molar-refractivity contribution in [2.75, 3.05) is 0 Å². The maximum atomic E-state index is 7.33. The number of nitrogens with two attached hydrogens (primary N) is 1. The van der Waals surface area contributed by atoms with Crippen LogP contribution in [-0.4, -0.2) is 10.8 Å². The molecule has 3 N–H and O–H groups in total. The van der Waals surface area contributed by atoms with Crippen LogP contribution >= 0.6 is 0 Å². The average Bonchev–Trinajstić information content (AvgIpc) is 1.83. The van der Waals surface area contributed by atoms with Gasteiger partial charge in [0.05, 0.1) is 0 Å². The smallest absolute Gasteiger partial charge is 0.186 e. The average molecular weight is 172 g/mol. The zero-order chi connectivity index (χ0) is 9.72. The van der Waals surface area contributed by atoms with E-state index in [1.807, 2.05) is 0 Å². The van der Waals surface area contributed by atoms with Crippen LogP contribution in [0.5, 0.6) is 0 Å². The summed E-state index contributed by atoms with van der Waals surface area (Å²) in [5, 5.41) is 0. The predicted octanol–water partition coefficient (Wildman–Crippen LogP) is 2.36. The van der Waals surface area contributed by atoms with E-state index in [1.165, 1.54) is 0 Å². The molecule has 0 aromatic heterocycles. The van der Waals surface area contributed by atoms with Gasteiger partial charge in [-0.2, -0.15) is 5.84 Å². The zero-order valence-electron chi connectivity index (χ0n) is 8.67. The fourth-order valence-corrected chi connectivity index (χ4v) is 1.41. The van der Waals surface area contributed by atoms with Crippen molar-refractivity contribution in [1.29, 1.82) is 5.53 Å². The molecular weight excluding hydrogens is 150 g/mol. The van der Waals surface area contributed by atoms with Gasteiger partial charge in [0.2, 0.25) is 6.04 Å². The van der Waals surface area contributed by atoms with Crippen LogP contribution in [0.1, 0.15) is 40.5 Å². The second-order valence-electron chi connectivity index (χ2n) is 4.32. The molecular formula is C9H22N3+. The molecule has 0 saturated carbocycles. The highest BCUT2D eigenvalue weighted by Crippen LogP contribution is 2.14. The third-order valence-electron chi connectivity index (χ3n) is 1.88. The van der Waals surface area contributed by atoms with Gasteiger partial charge in [0.25, 0.3) is 0 Å². The molecule has 0 fully saturated rings. The SMILES string of the molecule is CC(C)CC(CC(C)C)[N+](=N)N. The van der Waals surface area contributed by atoms with E-state index in [0.29, 0.717) is 11.8 Å². The molecule has 0 aliphatic carbocycles. The molecule has 0 saturated heterocycles. The Kier molecular flexibility index (Phi) is 4.86. The number of nitrogens with zero attached hydrogens (tertiary/aromatic N) is 1. The van der Waals surface area contributed by atoms with Crippen LogP contribution in [0.3, 0.4) is 0 Å². The molecule has 0 aliphatic rings. The Labute approximate surface area is 75.4 Å². The minimum atomic E-state index is 0.213. The minimum absolute atomic E-state index is 0.213. The number of hydrogen-bond acceptors (Lipinski definition) is 1. The van der Waals surface area contributed by atoms with Gasteiger partial charge in [0, 0.05) is 12.8 Å². The fraction of sp³-hybridized carbons (Fsp3) is 1.00. The van der Waals surface area contributed by atoms with Gasteiger partial charge in [-0.1, -0.05) is 27.7 Å². The summed E-state index contributed by atoms with van der Waals surface area (Å²) in [6, 6.07) is 0.213. The lowest BCUT2D eigenvalue weighted by Crippen LogP contribution is -2.32. The van der Waals surface area contributed by atoms with Gasteiger partial charge in [-0.25, -0.2) is 0 Å². The number of rotatable bonds is 5. The summed E-state index contributed by atoms with van der Waals surface area (Å²) in [5.74, 6) is 6.66. The topological polar surface area (TPSA) is 52.9 Å². The van der Waals surface area contributed by atoms with Crippen LogP contribution in [0.15, 0.2) is 0 Å². The van der Waals surface area contributed by atoms with Gasteiger partial charge in [0.1, 0.15) is 0 Å². The third-order valence-corrected chi connectivity index (χ3v) is 1.88. The summed E-state index contributed by atoms with van der Waals surface area (Å²) in [6.45, 7) is 8.65. The van der Waals surface area contributed by atoms with E-state index in [-0.39, 0.29) is 6.04 Å². The van der Waals surface area contributed by atoms with Crippen molar-refractivity contribution in [1.82, 2.24) is 0 Å². The van der Waals surface area contributed by atoms with Crippen molar-refractivity contribution >= 4 is 0 Å². The molecule has 0 spiro atoms. The van der Waals surface area contributed by atoms with E-state index in [2.05, 4.69) is 27.7 Å². The Bertz CT molecular complexity index is 131. The predicted molar refractivity (Wildman–Crippen MR) is 49.9 cm³/mol. The first-order valence-corrected chi connectivity index (χ1v) is 4.68.